The monoisotopic (exact) mass is 403 g/mol. The molecule has 0 fully saturated rings. The molecule has 0 radical (unpaired) electrons. The van der Waals surface area contributed by atoms with E-state index < -0.39 is 11.9 Å². The van der Waals surface area contributed by atoms with Crippen molar-refractivity contribution < 1.29 is 24.0 Å². The lowest BCUT2D eigenvalue weighted by Crippen LogP contribution is -2.39. The van der Waals surface area contributed by atoms with Gasteiger partial charge in [0.15, 0.2) is 6.29 Å². The molecule has 1 aromatic carbocycles. The topological polar surface area (TPSA) is 113 Å². The number of hydrogen-bond acceptors (Lipinski definition) is 6. The van der Waals surface area contributed by atoms with Gasteiger partial charge in [0.2, 0.25) is 5.91 Å². The predicted octanol–water partition coefficient (Wildman–Crippen LogP) is 1.84. The molecule has 2 N–H and O–H groups in total. The molecule has 0 bridgehead atoms. The Hall–Kier alpha value is -3.03. The average Bonchev–Trinajstić information content (AvgIpc) is 2.75. The Balaban J connectivity index is 2.93. The van der Waals surface area contributed by atoms with Crippen LogP contribution in [0.4, 0.5) is 5.69 Å². The Morgan fingerprint density at radius 1 is 1.14 bits per heavy atom. The van der Waals surface area contributed by atoms with E-state index in [1.807, 2.05) is 0 Å². The van der Waals surface area contributed by atoms with E-state index in [2.05, 4.69) is 10.6 Å². The highest BCUT2D eigenvalue weighted by Gasteiger charge is 2.25. The van der Waals surface area contributed by atoms with Gasteiger partial charge in [-0.25, -0.2) is 0 Å². The first-order valence-electron chi connectivity index (χ1n) is 9.68. The van der Waals surface area contributed by atoms with Gasteiger partial charge in [-0.05, 0) is 25.3 Å². The van der Waals surface area contributed by atoms with E-state index in [1.165, 1.54) is 19.0 Å². The van der Waals surface area contributed by atoms with Crippen LogP contribution in [-0.4, -0.2) is 62.3 Å². The van der Waals surface area contributed by atoms with Gasteiger partial charge in [-0.15, -0.1) is 0 Å². The van der Waals surface area contributed by atoms with Gasteiger partial charge in [-0.2, -0.15) is 0 Å². The van der Waals surface area contributed by atoms with Crippen molar-refractivity contribution >= 4 is 36.4 Å². The first-order chi connectivity index (χ1) is 14.0. The maximum atomic E-state index is 13.1. The van der Waals surface area contributed by atoms with E-state index in [9.17, 15) is 24.0 Å². The molecular formula is C21H29N3O5. The van der Waals surface area contributed by atoms with Crippen LogP contribution in [0.25, 0.3) is 0 Å². The molecule has 8 nitrogen and oxygen atoms in total. The van der Waals surface area contributed by atoms with Crippen LogP contribution in [0.5, 0.6) is 0 Å². The molecule has 29 heavy (non-hydrogen) atoms. The van der Waals surface area contributed by atoms with Gasteiger partial charge >= 0.3 is 0 Å². The summed E-state index contributed by atoms with van der Waals surface area (Å²) in [4.78, 5) is 59.1. The van der Waals surface area contributed by atoms with Crippen LogP contribution in [0.1, 0.15) is 59.2 Å². The third kappa shape index (κ3) is 7.48. The summed E-state index contributed by atoms with van der Waals surface area (Å²) in [6, 6.07) is 4.15. The molecule has 158 valence electrons. The number of likely N-dealkylation sites (N-methyl/N-ethyl adjacent to an activating group) is 1. The number of benzene rings is 1. The highest BCUT2D eigenvalue weighted by Crippen LogP contribution is 2.22. The number of anilines is 1. The van der Waals surface area contributed by atoms with Crippen LogP contribution in [0.3, 0.4) is 0 Å². The van der Waals surface area contributed by atoms with Crippen molar-refractivity contribution in [3.63, 3.8) is 0 Å². The second-order valence-corrected chi connectivity index (χ2v) is 6.66. The second kappa shape index (κ2) is 13.2. The Morgan fingerprint density at radius 3 is 2.52 bits per heavy atom. The van der Waals surface area contributed by atoms with Gasteiger partial charge < -0.3 is 25.1 Å². The van der Waals surface area contributed by atoms with Crippen LogP contribution in [0.2, 0.25) is 0 Å². The Morgan fingerprint density at radius 2 is 1.90 bits per heavy atom. The summed E-state index contributed by atoms with van der Waals surface area (Å²) in [6.45, 7) is 0.582. The fraction of sp³-hybridized carbons (Fsp3) is 0.476. The predicted molar refractivity (Wildman–Crippen MR) is 110 cm³/mol. The summed E-state index contributed by atoms with van der Waals surface area (Å²) >= 11 is 0. The van der Waals surface area contributed by atoms with Crippen LogP contribution in [0.15, 0.2) is 18.2 Å². The molecule has 0 aliphatic heterocycles. The van der Waals surface area contributed by atoms with Crippen molar-refractivity contribution in [2.24, 2.45) is 0 Å². The molecule has 1 atom stereocenters. The number of rotatable bonds is 14. The fourth-order valence-corrected chi connectivity index (χ4v) is 2.89. The number of amides is 2. The summed E-state index contributed by atoms with van der Waals surface area (Å²) < 4.78 is 0. The Kier molecular flexibility index (Phi) is 10.9. The highest BCUT2D eigenvalue weighted by atomic mass is 16.2. The number of carbonyl (C=O) groups excluding carboxylic acids is 5. The lowest BCUT2D eigenvalue weighted by molar-refractivity contribution is -0.121. The van der Waals surface area contributed by atoms with Crippen LogP contribution in [0, 0.1) is 0 Å². The first-order valence-corrected chi connectivity index (χ1v) is 9.68. The van der Waals surface area contributed by atoms with E-state index in [-0.39, 0.29) is 29.9 Å². The molecule has 1 aromatic rings. The first kappa shape index (κ1) is 24.0. The van der Waals surface area contributed by atoms with E-state index in [4.69, 9.17) is 0 Å². The lowest BCUT2D eigenvalue weighted by atomic mass is 10.0. The third-order valence-electron chi connectivity index (χ3n) is 4.67. The molecular weight excluding hydrogens is 374 g/mol. The summed E-state index contributed by atoms with van der Waals surface area (Å²) in [6.07, 6.45) is 5.44. The number of nitrogens with zero attached hydrogens (tertiary/aromatic N) is 1. The average molecular weight is 403 g/mol. The Bertz CT molecular complexity index is 720. The number of nitrogens with one attached hydrogen (secondary N) is 2. The molecule has 0 aliphatic rings. The van der Waals surface area contributed by atoms with Crippen LogP contribution < -0.4 is 10.6 Å². The molecule has 1 rings (SSSR count). The molecule has 0 saturated carbocycles. The SMILES string of the molecule is CNC(=O)CCC(C=O)N(C)C(=O)c1c(C=O)cccc1NCCCCCC=O. The van der Waals surface area contributed by atoms with Crippen molar-refractivity contribution in [3.8, 4) is 0 Å². The summed E-state index contributed by atoms with van der Waals surface area (Å²) in [7, 11) is 2.99. The summed E-state index contributed by atoms with van der Waals surface area (Å²) in [5.41, 5.74) is 0.936. The van der Waals surface area contributed by atoms with E-state index in [1.54, 1.807) is 18.2 Å². The van der Waals surface area contributed by atoms with Gasteiger partial charge in [0.05, 0.1) is 11.6 Å². The quantitative estimate of drug-likeness (QED) is 0.362. The second-order valence-electron chi connectivity index (χ2n) is 6.66. The van der Waals surface area contributed by atoms with Crippen molar-refractivity contribution in [1.29, 1.82) is 0 Å². The molecule has 0 aromatic heterocycles. The van der Waals surface area contributed by atoms with Crippen molar-refractivity contribution in [3.05, 3.63) is 29.3 Å². The zero-order valence-electron chi connectivity index (χ0n) is 17.0. The third-order valence-corrected chi connectivity index (χ3v) is 4.67. The van der Waals surface area contributed by atoms with Crippen molar-refractivity contribution in [2.45, 2.75) is 44.6 Å². The van der Waals surface area contributed by atoms with Crippen molar-refractivity contribution in [1.82, 2.24) is 10.2 Å². The summed E-state index contributed by atoms with van der Waals surface area (Å²) in [5.74, 6) is -0.687. The smallest absolute Gasteiger partial charge is 0.257 e. The fourth-order valence-electron chi connectivity index (χ4n) is 2.89. The van der Waals surface area contributed by atoms with Gasteiger partial charge in [-0.3, -0.25) is 14.4 Å². The van der Waals surface area contributed by atoms with E-state index >= 15 is 0 Å². The van der Waals surface area contributed by atoms with E-state index in [0.717, 1.165) is 25.5 Å². The number of unbranched alkanes of at least 4 members (excludes halogenated alkanes) is 3. The van der Waals surface area contributed by atoms with Crippen LogP contribution >= 0.6 is 0 Å². The molecule has 2 amide bonds. The van der Waals surface area contributed by atoms with Crippen molar-refractivity contribution in [2.75, 3.05) is 26.0 Å². The van der Waals surface area contributed by atoms with Gasteiger partial charge in [-0.1, -0.05) is 18.6 Å². The molecule has 0 aliphatic carbocycles. The van der Waals surface area contributed by atoms with Gasteiger partial charge in [0.1, 0.15) is 12.6 Å². The van der Waals surface area contributed by atoms with Gasteiger partial charge in [0.25, 0.3) is 5.91 Å². The minimum Gasteiger partial charge on any atom is -0.384 e. The van der Waals surface area contributed by atoms with E-state index in [0.29, 0.717) is 31.2 Å². The molecule has 1 unspecified atom stereocenters. The van der Waals surface area contributed by atoms with Crippen LogP contribution in [-0.2, 0) is 14.4 Å². The molecule has 0 spiro atoms. The largest absolute Gasteiger partial charge is 0.384 e. The van der Waals surface area contributed by atoms with Gasteiger partial charge in [0, 0.05) is 44.7 Å². The zero-order valence-corrected chi connectivity index (χ0v) is 17.0. The molecule has 0 saturated heterocycles. The number of hydrogen-bond donors (Lipinski definition) is 2. The standard InChI is InChI=1S/C21H29N3O5/c1-22-19(28)11-10-17(15-27)24(2)21(29)20-16(14-26)8-7-9-18(20)23-12-5-3-4-6-13-25/h7-9,13-15,17,23H,3-6,10-12H2,1-2H3,(H,22,28). The number of carbonyl (C=O) groups is 5. The minimum absolute atomic E-state index is 0.110. The minimum atomic E-state index is -0.782. The maximum absolute atomic E-state index is 13.1. The lowest BCUT2D eigenvalue weighted by Gasteiger charge is -2.25. The number of aldehydes is 3. The highest BCUT2D eigenvalue weighted by molar-refractivity contribution is 6.06. The normalized spacial score (nSPS) is 11.2. The summed E-state index contributed by atoms with van der Waals surface area (Å²) in [5, 5.41) is 5.65. The maximum Gasteiger partial charge on any atom is 0.257 e. The molecule has 8 heteroatoms. The molecule has 0 heterocycles. The Labute approximate surface area is 171 Å². The zero-order chi connectivity index (χ0) is 21.6.